The van der Waals surface area contributed by atoms with Crippen molar-refractivity contribution >= 4 is 28.6 Å². The van der Waals surface area contributed by atoms with Crippen molar-refractivity contribution in [2.24, 2.45) is 0 Å². The zero-order valence-corrected chi connectivity index (χ0v) is 14.8. The van der Waals surface area contributed by atoms with Crippen LogP contribution in [0.2, 0.25) is 0 Å². The van der Waals surface area contributed by atoms with Gasteiger partial charge >= 0.3 is 0 Å². The number of anilines is 2. The Kier molecular flexibility index (Phi) is 4.24. The van der Waals surface area contributed by atoms with Crippen LogP contribution in [0.3, 0.4) is 0 Å². The van der Waals surface area contributed by atoms with E-state index in [0.717, 1.165) is 35.8 Å². The van der Waals surface area contributed by atoms with Crippen LogP contribution in [0.15, 0.2) is 54.7 Å². The fourth-order valence-corrected chi connectivity index (χ4v) is 3.95. The Morgan fingerprint density at radius 1 is 1.24 bits per heavy atom. The SMILES string of the molecule is CCN1CCc2ccc(NC(=O)c3cnc(-c4ccccc4)s3)cc21. The molecule has 5 heteroatoms. The number of carbonyl (C=O) groups is 1. The highest BCUT2D eigenvalue weighted by Gasteiger charge is 2.19. The molecule has 0 unspecified atom stereocenters. The number of nitrogens with one attached hydrogen (secondary N) is 1. The van der Waals surface area contributed by atoms with E-state index in [1.54, 1.807) is 6.20 Å². The Labute approximate surface area is 151 Å². The monoisotopic (exact) mass is 349 g/mol. The molecule has 126 valence electrons. The molecular formula is C20H19N3OS. The van der Waals surface area contributed by atoms with Crippen molar-refractivity contribution in [2.45, 2.75) is 13.3 Å². The zero-order valence-electron chi connectivity index (χ0n) is 14.0. The number of rotatable bonds is 4. The fourth-order valence-electron chi connectivity index (χ4n) is 3.14. The van der Waals surface area contributed by atoms with Gasteiger partial charge in [-0.1, -0.05) is 36.4 Å². The highest BCUT2D eigenvalue weighted by molar-refractivity contribution is 7.17. The van der Waals surface area contributed by atoms with Crippen molar-refractivity contribution in [3.63, 3.8) is 0 Å². The minimum Gasteiger partial charge on any atom is -0.371 e. The minimum atomic E-state index is -0.110. The molecule has 0 spiro atoms. The molecule has 1 aliphatic rings. The molecule has 0 bridgehead atoms. The van der Waals surface area contributed by atoms with Gasteiger partial charge < -0.3 is 10.2 Å². The zero-order chi connectivity index (χ0) is 17.2. The average molecular weight is 349 g/mol. The lowest BCUT2D eigenvalue weighted by atomic mass is 10.1. The van der Waals surface area contributed by atoms with Crippen molar-refractivity contribution in [2.75, 3.05) is 23.3 Å². The summed E-state index contributed by atoms with van der Waals surface area (Å²) in [6, 6.07) is 16.1. The van der Waals surface area contributed by atoms with E-state index in [1.165, 1.54) is 22.6 Å². The van der Waals surface area contributed by atoms with Crippen molar-refractivity contribution in [3.05, 3.63) is 65.2 Å². The molecule has 4 rings (SSSR count). The first-order valence-electron chi connectivity index (χ1n) is 8.45. The Morgan fingerprint density at radius 3 is 2.88 bits per heavy atom. The molecule has 1 aromatic heterocycles. The van der Waals surface area contributed by atoms with Crippen molar-refractivity contribution < 1.29 is 4.79 Å². The Balaban J connectivity index is 1.52. The third-order valence-corrected chi connectivity index (χ3v) is 5.51. The Hall–Kier alpha value is -2.66. The summed E-state index contributed by atoms with van der Waals surface area (Å²) in [6.45, 7) is 4.20. The van der Waals surface area contributed by atoms with E-state index in [9.17, 15) is 4.79 Å². The van der Waals surface area contributed by atoms with Crippen LogP contribution in [0.4, 0.5) is 11.4 Å². The molecule has 0 atom stereocenters. The van der Waals surface area contributed by atoms with Gasteiger partial charge in [0.05, 0.1) is 6.20 Å². The van der Waals surface area contributed by atoms with Crippen molar-refractivity contribution in [3.8, 4) is 10.6 Å². The minimum absolute atomic E-state index is 0.110. The third kappa shape index (κ3) is 3.15. The first-order valence-corrected chi connectivity index (χ1v) is 9.26. The number of carbonyl (C=O) groups excluding carboxylic acids is 1. The van der Waals surface area contributed by atoms with Crippen molar-refractivity contribution in [1.82, 2.24) is 4.98 Å². The number of thiazole rings is 1. The Morgan fingerprint density at radius 2 is 2.08 bits per heavy atom. The van der Waals surface area contributed by atoms with Gasteiger partial charge in [-0.05, 0) is 31.0 Å². The largest absolute Gasteiger partial charge is 0.371 e. The number of hydrogen-bond donors (Lipinski definition) is 1. The second kappa shape index (κ2) is 6.69. The predicted molar refractivity (Wildman–Crippen MR) is 104 cm³/mol. The van der Waals surface area contributed by atoms with Gasteiger partial charge in [-0.3, -0.25) is 4.79 Å². The van der Waals surface area contributed by atoms with Gasteiger partial charge in [-0.25, -0.2) is 4.98 Å². The van der Waals surface area contributed by atoms with Crippen molar-refractivity contribution in [1.29, 1.82) is 0 Å². The summed E-state index contributed by atoms with van der Waals surface area (Å²) in [6.07, 6.45) is 2.72. The van der Waals surface area contributed by atoms with Crippen LogP contribution in [-0.2, 0) is 6.42 Å². The molecule has 1 N–H and O–H groups in total. The van der Waals surface area contributed by atoms with Gasteiger partial charge in [0.2, 0.25) is 0 Å². The van der Waals surface area contributed by atoms with E-state index in [-0.39, 0.29) is 5.91 Å². The molecule has 2 aromatic carbocycles. The molecule has 0 saturated carbocycles. The fraction of sp³-hybridized carbons (Fsp3) is 0.200. The summed E-state index contributed by atoms with van der Waals surface area (Å²) in [4.78, 5) is 19.9. The normalized spacial score (nSPS) is 12.9. The van der Waals surface area contributed by atoms with E-state index < -0.39 is 0 Å². The molecule has 0 aliphatic carbocycles. The maximum Gasteiger partial charge on any atom is 0.267 e. The maximum atomic E-state index is 12.6. The van der Waals surface area contributed by atoms with Crippen LogP contribution in [0, 0.1) is 0 Å². The summed E-state index contributed by atoms with van der Waals surface area (Å²) in [5.74, 6) is -0.110. The van der Waals surface area contributed by atoms with Gasteiger partial charge in [0.1, 0.15) is 9.88 Å². The summed E-state index contributed by atoms with van der Waals surface area (Å²) in [5.41, 5.74) is 4.44. The van der Waals surface area contributed by atoms with Gasteiger partial charge in [0.25, 0.3) is 5.91 Å². The van der Waals surface area contributed by atoms with Crippen LogP contribution in [0.1, 0.15) is 22.2 Å². The van der Waals surface area contributed by atoms with E-state index in [1.807, 2.05) is 36.4 Å². The summed E-state index contributed by atoms with van der Waals surface area (Å²) >= 11 is 1.41. The van der Waals surface area contributed by atoms with Crippen LogP contribution in [0.25, 0.3) is 10.6 Å². The second-order valence-corrected chi connectivity index (χ2v) is 7.05. The van der Waals surface area contributed by atoms with Gasteiger partial charge in [0.15, 0.2) is 0 Å². The van der Waals surface area contributed by atoms with Gasteiger partial charge in [-0.15, -0.1) is 11.3 Å². The van der Waals surface area contributed by atoms with Crippen LogP contribution >= 0.6 is 11.3 Å². The second-order valence-electron chi connectivity index (χ2n) is 6.02. The highest BCUT2D eigenvalue weighted by atomic mass is 32.1. The standard InChI is InChI=1S/C20H19N3OS/c1-2-23-11-10-14-8-9-16(12-17(14)23)22-19(24)18-13-21-20(25-18)15-6-4-3-5-7-15/h3-9,12-13H,2,10-11H2,1H3,(H,22,24). The lowest BCUT2D eigenvalue weighted by Crippen LogP contribution is -2.19. The number of amides is 1. The number of fused-ring (bicyclic) bond motifs is 1. The summed E-state index contributed by atoms with van der Waals surface area (Å²) in [5, 5.41) is 3.86. The molecule has 0 fully saturated rings. The number of nitrogens with zero attached hydrogens (tertiary/aromatic N) is 2. The molecular weight excluding hydrogens is 330 g/mol. The summed E-state index contributed by atoms with van der Waals surface area (Å²) in [7, 11) is 0. The maximum absolute atomic E-state index is 12.6. The van der Waals surface area contributed by atoms with Crippen LogP contribution in [-0.4, -0.2) is 24.0 Å². The first kappa shape index (κ1) is 15.8. The number of likely N-dealkylation sites (N-methyl/N-ethyl adjacent to an activating group) is 1. The number of hydrogen-bond acceptors (Lipinski definition) is 4. The number of benzene rings is 2. The third-order valence-electron chi connectivity index (χ3n) is 4.47. The molecule has 1 amide bonds. The molecule has 25 heavy (non-hydrogen) atoms. The highest BCUT2D eigenvalue weighted by Crippen LogP contribution is 2.31. The smallest absolute Gasteiger partial charge is 0.267 e. The number of aromatic nitrogens is 1. The molecule has 0 saturated heterocycles. The van der Waals surface area contributed by atoms with E-state index in [4.69, 9.17) is 0 Å². The quantitative estimate of drug-likeness (QED) is 0.757. The molecule has 1 aliphatic heterocycles. The van der Waals surface area contributed by atoms with E-state index in [0.29, 0.717) is 4.88 Å². The molecule has 2 heterocycles. The average Bonchev–Trinajstić information content (AvgIpc) is 3.29. The molecule has 3 aromatic rings. The van der Waals surface area contributed by atoms with Crippen LogP contribution in [0.5, 0.6) is 0 Å². The van der Waals surface area contributed by atoms with E-state index in [2.05, 4.69) is 34.3 Å². The lowest BCUT2D eigenvalue weighted by Gasteiger charge is -2.17. The predicted octanol–water partition coefficient (Wildman–Crippen LogP) is 4.44. The molecule has 0 radical (unpaired) electrons. The first-order chi connectivity index (χ1) is 12.2. The Bertz CT molecular complexity index is 904. The van der Waals surface area contributed by atoms with Gasteiger partial charge in [0, 0.05) is 30.0 Å². The topological polar surface area (TPSA) is 45.2 Å². The van der Waals surface area contributed by atoms with Gasteiger partial charge in [-0.2, -0.15) is 0 Å². The summed E-state index contributed by atoms with van der Waals surface area (Å²) < 4.78 is 0. The van der Waals surface area contributed by atoms with E-state index >= 15 is 0 Å². The molecule has 4 nitrogen and oxygen atoms in total. The van der Waals surface area contributed by atoms with Crippen LogP contribution < -0.4 is 10.2 Å². The lowest BCUT2D eigenvalue weighted by molar-refractivity contribution is 0.103.